The largest absolute Gasteiger partial charge is 0.457 e. The number of rotatable bonds is 1. The lowest BCUT2D eigenvalue weighted by Gasteiger charge is -2.18. The molecule has 1 aliphatic heterocycles. The molecule has 0 aliphatic carbocycles. The Morgan fingerprint density at radius 3 is 2.28 bits per heavy atom. The van der Waals surface area contributed by atoms with Crippen molar-refractivity contribution in [2.45, 2.75) is 0 Å². The van der Waals surface area contributed by atoms with E-state index in [2.05, 4.69) is 84.9 Å². The first kappa shape index (κ1) is 17.4. The van der Waals surface area contributed by atoms with Gasteiger partial charge >= 0.3 is 0 Å². The van der Waals surface area contributed by atoms with Gasteiger partial charge in [0.25, 0.3) is 0 Å². The standard InChI is InChI=1S/C29H16BNO/c31-17-20-11-10-19-16-26-29-24(15-13-18-12-14-22(20)27(19)28(18)29)30(21-6-2-1-3-7-21)23-8-4-5-9-25(23)32-26/h1-16H. The number of ether oxygens (including phenoxy) is 1. The van der Waals surface area contributed by atoms with E-state index >= 15 is 0 Å². The first-order valence-electron chi connectivity index (χ1n) is 10.8. The number of nitriles is 1. The van der Waals surface area contributed by atoms with Gasteiger partial charge < -0.3 is 4.74 Å². The molecule has 0 atom stereocenters. The van der Waals surface area contributed by atoms with E-state index in [1.165, 1.54) is 27.2 Å². The molecule has 7 rings (SSSR count). The molecule has 0 unspecified atom stereocenters. The molecule has 0 fully saturated rings. The maximum atomic E-state index is 9.71. The van der Waals surface area contributed by atoms with Crippen molar-refractivity contribution in [1.29, 1.82) is 5.26 Å². The third-order valence-electron chi connectivity index (χ3n) is 6.77. The van der Waals surface area contributed by atoms with Crippen LogP contribution in [0.1, 0.15) is 5.56 Å². The van der Waals surface area contributed by atoms with Crippen molar-refractivity contribution in [2.24, 2.45) is 0 Å². The van der Waals surface area contributed by atoms with Crippen LogP contribution in [-0.2, 0) is 0 Å². The summed E-state index contributed by atoms with van der Waals surface area (Å²) >= 11 is 0. The van der Waals surface area contributed by atoms with Crippen molar-refractivity contribution >= 4 is 55.4 Å². The molecule has 2 nitrogen and oxygen atoms in total. The van der Waals surface area contributed by atoms with Crippen LogP contribution in [-0.4, -0.2) is 6.71 Å². The van der Waals surface area contributed by atoms with Gasteiger partial charge in [-0.2, -0.15) is 5.26 Å². The summed E-state index contributed by atoms with van der Waals surface area (Å²) in [5, 5.41) is 16.4. The fraction of sp³-hybridized carbons (Fsp3) is 0. The van der Waals surface area contributed by atoms with Crippen molar-refractivity contribution in [3.05, 3.63) is 103 Å². The van der Waals surface area contributed by atoms with Gasteiger partial charge in [0.2, 0.25) is 6.71 Å². The lowest BCUT2D eigenvalue weighted by atomic mass is 9.36. The van der Waals surface area contributed by atoms with Crippen LogP contribution in [0.5, 0.6) is 11.5 Å². The van der Waals surface area contributed by atoms with Crippen molar-refractivity contribution in [1.82, 2.24) is 0 Å². The maximum absolute atomic E-state index is 9.71. The van der Waals surface area contributed by atoms with Gasteiger partial charge in [-0.1, -0.05) is 89.8 Å². The Bertz CT molecular complexity index is 1720. The highest BCUT2D eigenvalue weighted by molar-refractivity contribution is 6.97. The number of fused-ring (bicyclic) bond motifs is 1. The van der Waals surface area contributed by atoms with E-state index in [4.69, 9.17) is 4.74 Å². The summed E-state index contributed by atoms with van der Waals surface area (Å²) < 4.78 is 6.62. The zero-order chi connectivity index (χ0) is 21.2. The summed E-state index contributed by atoms with van der Waals surface area (Å²) in [5.74, 6) is 1.77. The SMILES string of the molecule is N#Cc1ccc2cc3c4c(ccc5ccc1c2c54)B(c1ccccc1)c1ccccc1O3. The Balaban J connectivity index is 1.70. The van der Waals surface area contributed by atoms with Crippen LogP contribution in [0.25, 0.3) is 32.3 Å². The molecule has 1 heterocycles. The Morgan fingerprint density at radius 1 is 0.625 bits per heavy atom. The van der Waals surface area contributed by atoms with Crippen molar-refractivity contribution in [3.8, 4) is 17.6 Å². The molecule has 0 saturated carbocycles. The van der Waals surface area contributed by atoms with E-state index in [1.807, 2.05) is 18.2 Å². The van der Waals surface area contributed by atoms with Crippen LogP contribution >= 0.6 is 0 Å². The summed E-state index contributed by atoms with van der Waals surface area (Å²) in [4.78, 5) is 0. The van der Waals surface area contributed by atoms with Gasteiger partial charge in [-0.15, -0.1) is 0 Å². The van der Waals surface area contributed by atoms with Crippen LogP contribution in [0.3, 0.4) is 0 Å². The average Bonchev–Trinajstić information content (AvgIpc) is 2.99. The van der Waals surface area contributed by atoms with Crippen molar-refractivity contribution in [3.63, 3.8) is 0 Å². The molecule has 0 N–H and O–H groups in total. The van der Waals surface area contributed by atoms with Gasteiger partial charge in [0.1, 0.15) is 11.5 Å². The third-order valence-corrected chi connectivity index (χ3v) is 6.77. The van der Waals surface area contributed by atoms with Crippen LogP contribution < -0.4 is 21.1 Å². The third kappa shape index (κ3) is 2.24. The van der Waals surface area contributed by atoms with Crippen LogP contribution in [0.2, 0.25) is 0 Å². The quantitative estimate of drug-likeness (QED) is 0.282. The molecule has 0 bridgehead atoms. The van der Waals surface area contributed by atoms with Crippen LogP contribution in [0.4, 0.5) is 0 Å². The second-order valence-corrected chi connectivity index (χ2v) is 8.42. The number of para-hydroxylation sites is 1. The number of hydrogen-bond acceptors (Lipinski definition) is 2. The maximum Gasteiger partial charge on any atom is 0.247 e. The number of hydrogen-bond donors (Lipinski definition) is 0. The van der Waals surface area contributed by atoms with Gasteiger partial charge in [-0.3, -0.25) is 0 Å². The van der Waals surface area contributed by atoms with Gasteiger partial charge in [0.05, 0.1) is 11.6 Å². The lowest BCUT2D eigenvalue weighted by molar-refractivity contribution is 0.493. The van der Waals surface area contributed by atoms with Gasteiger partial charge in [-0.25, -0.2) is 0 Å². The smallest absolute Gasteiger partial charge is 0.247 e. The summed E-state index contributed by atoms with van der Waals surface area (Å²) in [6.07, 6.45) is 0. The van der Waals surface area contributed by atoms with E-state index in [0.29, 0.717) is 5.56 Å². The molecule has 0 amide bonds. The molecular formula is C29H16BNO. The first-order valence-corrected chi connectivity index (χ1v) is 10.8. The molecule has 0 spiro atoms. The Morgan fingerprint density at radius 2 is 1.41 bits per heavy atom. The minimum Gasteiger partial charge on any atom is -0.457 e. The minimum atomic E-state index is 0.0636. The summed E-state index contributed by atoms with van der Waals surface area (Å²) in [5.41, 5.74) is 4.35. The normalized spacial score (nSPS) is 12.5. The average molecular weight is 405 g/mol. The zero-order valence-corrected chi connectivity index (χ0v) is 17.2. The van der Waals surface area contributed by atoms with E-state index < -0.39 is 0 Å². The molecule has 0 saturated heterocycles. The molecule has 146 valence electrons. The Labute approximate surface area is 185 Å². The molecule has 1 aliphatic rings. The van der Waals surface area contributed by atoms with E-state index in [9.17, 15) is 5.26 Å². The molecule has 6 aromatic rings. The molecular weight excluding hydrogens is 389 g/mol. The highest BCUT2D eigenvalue weighted by atomic mass is 16.5. The number of nitrogens with zero attached hydrogens (tertiary/aromatic N) is 1. The monoisotopic (exact) mass is 405 g/mol. The van der Waals surface area contributed by atoms with Crippen LogP contribution in [0, 0.1) is 11.3 Å². The van der Waals surface area contributed by atoms with Gasteiger partial charge in [0, 0.05) is 16.2 Å². The van der Waals surface area contributed by atoms with Crippen molar-refractivity contribution < 1.29 is 4.74 Å². The minimum absolute atomic E-state index is 0.0636. The Hall–Kier alpha value is -4.29. The van der Waals surface area contributed by atoms with Crippen molar-refractivity contribution in [2.75, 3.05) is 0 Å². The van der Waals surface area contributed by atoms with E-state index in [0.717, 1.165) is 33.0 Å². The number of benzene rings is 6. The second kappa shape index (κ2) is 6.36. The molecule has 3 heteroatoms. The Kier molecular flexibility index (Phi) is 3.46. The first-order chi connectivity index (χ1) is 15.8. The fourth-order valence-corrected chi connectivity index (χ4v) is 5.43. The fourth-order valence-electron chi connectivity index (χ4n) is 5.43. The van der Waals surface area contributed by atoms with E-state index in [1.54, 1.807) is 0 Å². The van der Waals surface area contributed by atoms with E-state index in [-0.39, 0.29) is 6.71 Å². The van der Waals surface area contributed by atoms with Gasteiger partial charge in [-0.05, 0) is 39.8 Å². The lowest BCUT2D eigenvalue weighted by Crippen LogP contribution is -2.51. The topological polar surface area (TPSA) is 33.0 Å². The molecule has 32 heavy (non-hydrogen) atoms. The molecule has 6 aromatic carbocycles. The summed E-state index contributed by atoms with van der Waals surface area (Å²) in [7, 11) is 0. The highest BCUT2D eigenvalue weighted by Gasteiger charge is 2.31. The molecule has 0 aromatic heterocycles. The zero-order valence-electron chi connectivity index (χ0n) is 17.2. The predicted octanol–water partition coefficient (Wildman–Crippen LogP) is 5.08. The second-order valence-electron chi connectivity index (χ2n) is 8.42. The molecule has 0 radical (unpaired) electrons. The van der Waals surface area contributed by atoms with Crippen LogP contribution in [0.15, 0.2) is 97.1 Å². The summed E-state index contributed by atoms with van der Waals surface area (Å²) in [6.45, 7) is 0.0636. The van der Waals surface area contributed by atoms with Gasteiger partial charge in [0.15, 0.2) is 0 Å². The summed E-state index contributed by atoms with van der Waals surface area (Å²) in [6, 6.07) is 36.1. The predicted molar refractivity (Wildman–Crippen MR) is 132 cm³/mol. The highest BCUT2D eigenvalue weighted by Crippen LogP contribution is 2.42.